The maximum atomic E-state index is 12.2. The number of hydrogen-bond donors (Lipinski definition) is 2. The Morgan fingerprint density at radius 3 is 2.67 bits per heavy atom. The number of amides is 1. The fourth-order valence-electron chi connectivity index (χ4n) is 2.84. The lowest BCUT2D eigenvalue weighted by Crippen LogP contribution is -2.54. The van der Waals surface area contributed by atoms with Crippen LogP contribution in [0.15, 0.2) is 24.3 Å². The van der Waals surface area contributed by atoms with Crippen molar-refractivity contribution in [3.05, 3.63) is 29.8 Å². The van der Waals surface area contributed by atoms with Gasteiger partial charge in [0.1, 0.15) is 5.75 Å². The first-order chi connectivity index (χ1) is 11.4. The second-order valence-electron chi connectivity index (χ2n) is 6.53. The molecule has 2 N–H and O–H groups in total. The summed E-state index contributed by atoms with van der Waals surface area (Å²) < 4.78 is 10.8. The summed E-state index contributed by atoms with van der Waals surface area (Å²) >= 11 is 0. The van der Waals surface area contributed by atoms with E-state index in [1.165, 1.54) is 0 Å². The summed E-state index contributed by atoms with van der Waals surface area (Å²) in [6.07, 6.45) is 0.882. The summed E-state index contributed by atoms with van der Waals surface area (Å²) in [5.41, 5.74) is 0.393. The molecule has 0 saturated carbocycles. The van der Waals surface area contributed by atoms with E-state index in [2.05, 4.69) is 19.2 Å². The molecule has 0 bridgehead atoms. The van der Waals surface area contributed by atoms with E-state index in [9.17, 15) is 9.59 Å². The summed E-state index contributed by atoms with van der Waals surface area (Å²) in [6, 6.07) is 7.63. The molecule has 1 aromatic rings. The van der Waals surface area contributed by atoms with Crippen LogP contribution in [0.2, 0.25) is 0 Å². The first-order valence-electron chi connectivity index (χ1n) is 8.23. The van der Waals surface area contributed by atoms with E-state index in [0.29, 0.717) is 37.7 Å². The summed E-state index contributed by atoms with van der Waals surface area (Å²) in [5, 5.41) is 12.0. The largest absolute Gasteiger partial charge is 0.484 e. The van der Waals surface area contributed by atoms with Crippen molar-refractivity contribution in [1.82, 2.24) is 5.32 Å². The predicted octanol–water partition coefficient (Wildman–Crippen LogP) is 2.33. The molecule has 0 spiro atoms. The maximum absolute atomic E-state index is 12.2. The van der Waals surface area contributed by atoms with Gasteiger partial charge in [0.15, 0.2) is 6.61 Å². The molecule has 1 aliphatic heterocycles. The minimum atomic E-state index is -0.928. The lowest BCUT2D eigenvalue weighted by atomic mass is 9.86. The van der Waals surface area contributed by atoms with Crippen LogP contribution >= 0.6 is 0 Å². The molecule has 6 heteroatoms. The summed E-state index contributed by atoms with van der Waals surface area (Å²) in [7, 11) is 0. The molecular formula is C18H25NO5. The highest BCUT2D eigenvalue weighted by atomic mass is 16.5. The SMILES string of the molecule is CC(C)c1cccc(OCC(=O)NC2(CC(=O)O)CCOCC2)c1. The Balaban J connectivity index is 1.93. The Bertz CT molecular complexity index is 579. The second-order valence-corrected chi connectivity index (χ2v) is 6.53. The Morgan fingerprint density at radius 1 is 1.33 bits per heavy atom. The molecule has 0 unspecified atom stereocenters. The number of carbonyl (C=O) groups is 2. The van der Waals surface area contributed by atoms with Gasteiger partial charge in [-0.25, -0.2) is 0 Å². The minimum absolute atomic E-state index is 0.106. The van der Waals surface area contributed by atoms with E-state index in [1.807, 2.05) is 18.2 Å². The third-order valence-corrected chi connectivity index (χ3v) is 4.24. The van der Waals surface area contributed by atoms with Crippen LogP contribution in [0.4, 0.5) is 0 Å². The molecule has 1 fully saturated rings. The first kappa shape index (κ1) is 18.3. The first-order valence-corrected chi connectivity index (χ1v) is 8.23. The van der Waals surface area contributed by atoms with Gasteiger partial charge in [-0.2, -0.15) is 0 Å². The summed E-state index contributed by atoms with van der Waals surface area (Å²) in [6.45, 7) is 4.94. The number of rotatable bonds is 7. The highest BCUT2D eigenvalue weighted by Crippen LogP contribution is 2.25. The van der Waals surface area contributed by atoms with Gasteiger partial charge in [0.2, 0.25) is 0 Å². The van der Waals surface area contributed by atoms with E-state index >= 15 is 0 Å². The fourth-order valence-corrected chi connectivity index (χ4v) is 2.84. The molecule has 1 amide bonds. The molecule has 0 atom stereocenters. The molecular weight excluding hydrogens is 310 g/mol. The highest BCUT2D eigenvalue weighted by molar-refractivity contribution is 5.79. The van der Waals surface area contributed by atoms with Crippen molar-refractivity contribution in [2.45, 2.75) is 44.6 Å². The Hall–Kier alpha value is -2.08. The quantitative estimate of drug-likeness (QED) is 0.799. The van der Waals surface area contributed by atoms with E-state index in [4.69, 9.17) is 14.6 Å². The average Bonchev–Trinajstić information content (AvgIpc) is 2.53. The average molecular weight is 335 g/mol. The molecule has 1 saturated heterocycles. The van der Waals surface area contributed by atoms with Gasteiger partial charge in [-0.05, 0) is 36.5 Å². The van der Waals surface area contributed by atoms with E-state index in [1.54, 1.807) is 6.07 Å². The van der Waals surface area contributed by atoms with Crippen LogP contribution in [0.1, 0.15) is 44.6 Å². The van der Waals surface area contributed by atoms with Gasteiger partial charge in [-0.15, -0.1) is 0 Å². The molecule has 6 nitrogen and oxygen atoms in total. The highest BCUT2D eigenvalue weighted by Gasteiger charge is 2.36. The molecule has 0 radical (unpaired) electrons. The zero-order valence-corrected chi connectivity index (χ0v) is 14.2. The molecule has 0 aromatic heterocycles. The number of aliphatic carboxylic acids is 1. The number of nitrogens with one attached hydrogen (secondary N) is 1. The number of carboxylic acid groups (broad SMARTS) is 1. The second kappa shape index (κ2) is 8.15. The van der Waals surface area contributed by atoms with Gasteiger partial charge in [-0.1, -0.05) is 26.0 Å². The number of benzene rings is 1. The van der Waals surface area contributed by atoms with Crippen LogP contribution in [0, 0.1) is 0 Å². The fraction of sp³-hybridized carbons (Fsp3) is 0.556. The van der Waals surface area contributed by atoms with Crippen LogP contribution in [-0.4, -0.2) is 42.3 Å². The lowest BCUT2D eigenvalue weighted by molar-refractivity contribution is -0.140. The van der Waals surface area contributed by atoms with Gasteiger partial charge < -0.3 is 19.9 Å². The third-order valence-electron chi connectivity index (χ3n) is 4.24. The third kappa shape index (κ3) is 5.23. The Morgan fingerprint density at radius 2 is 2.04 bits per heavy atom. The van der Waals surface area contributed by atoms with Gasteiger partial charge in [0.25, 0.3) is 5.91 Å². The van der Waals surface area contributed by atoms with Gasteiger partial charge in [0.05, 0.1) is 12.0 Å². The zero-order valence-electron chi connectivity index (χ0n) is 14.2. The smallest absolute Gasteiger partial charge is 0.305 e. The van der Waals surface area contributed by atoms with Gasteiger partial charge in [-0.3, -0.25) is 9.59 Å². The number of carboxylic acids is 1. The Labute approximate surface area is 142 Å². The van der Waals surface area contributed by atoms with Crippen molar-refractivity contribution in [3.63, 3.8) is 0 Å². The minimum Gasteiger partial charge on any atom is -0.484 e. The molecule has 1 heterocycles. The van der Waals surface area contributed by atoms with Crippen molar-refractivity contribution in [3.8, 4) is 5.75 Å². The normalized spacial score (nSPS) is 16.6. The summed E-state index contributed by atoms with van der Waals surface area (Å²) in [4.78, 5) is 23.3. The number of ether oxygens (including phenoxy) is 2. The monoisotopic (exact) mass is 335 g/mol. The van der Waals surface area contributed by atoms with Crippen LogP contribution in [0.5, 0.6) is 5.75 Å². The molecule has 132 valence electrons. The lowest BCUT2D eigenvalue weighted by Gasteiger charge is -2.36. The van der Waals surface area contributed by atoms with Crippen molar-refractivity contribution in [2.75, 3.05) is 19.8 Å². The maximum Gasteiger partial charge on any atom is 0.305 e. The molecule has 1 aromatic carbocycles. The van der Waals surface area contributed by atoms with Crippen molar-refractivity contribution < 1.29 is 24.2 Å². The van der Waals surface area contributed by atoms with Crippen molar-refractivity contribution in [2.24, 2.45) is 0 Å². The van der Waals surface area contributed by atoms with Gasteiger partial charge >= 0.3 is 5.97 Å². The number of hydrogen-bond acceptors (Lipinski definition) is 4. The molecule has 2 rings (SSSR count). The summed E-state index contributed by atoms with van der Waals surface area (Å²) in [5.74, 6) is -0.227. The standard InChI is InChI=1S/C18H25NO5/c1-13(2)14-4-3-5-15(10-14)24-12-16(20)19-18(11-17(21)22)6-8-23-9-7-18/h3-5,10,13H,6-9,11-12H2,1-2H3,(H,19,20)(H,21,22). The molecule has 1 aliphatic rings. The Kier molecular flexibility index (Phi) is 6.20. The topological polar surface area (TPSA) is 84.9 Å². The van der Waals surface area contributed by atoms with Crippen LogP contribution in [0.25, 0.3) is 0 Å². The van der Waals surface area contributed by atoms with E-state index in [0.717, 1.165) is 5.56 Å². The van der Waals surface area contributed by atoms with Crippen LogP contribution in [0.3, 0.4) is 0 Å². The molecule has 24 heavy (non-hydrogen) atoms. The van der Waals surface area contributed by atoms with Crippen LogP contribution in [-0.2, 0) is 14.3 Å². The predicted molar refractivity (Wildman–Crippen MR) is 89.2 cm³/mol. The van der Waals surface area contributed by atoms with Crippen molar-refractivity contribution >= 4 is 11.9 Å². The van der Waals surface area contributed by atoms with Crippen LogP contribution < -0.4 is 10.1 Å². The van der Waals surface area contributed by atoms with E-state index < -0.39 is 11.5 Å². The number of carbonyl (C=O) groups excluding carboxylic acids is 1. The van der Waals surface area contributed by atoms with Gasteiger partial charge in [0, 0.05) is 13.2 Å². The van der Waals surface area contributed by atoms with E-state index in [-0.39, 0.29) is 18.9 Å². The molecule has 0 aliphatic carbocycles. The zero-order chi connectivity index (χ0) is 17.6. The van der Waals surface area contributed by atoms with Crippen molar-refractivity contribution in [1.29, 1.82) is 0 Å².